The van der Waals surface area contributed by atoms with Gasteiger partial charge in [0, 0.05) is 11.6 Å². The van der Waals surface area contributed by atoms with E-state index in [1.54, 1.807) is 6.07 Å². The Kier molecular flexibility index (Phi) is 7.49. The molecule has 0 heterocycles. The van der Waals surface area contributed by atoms with Gasteiger partial charge in [0.25, 0.3) is 0 Å². The molecule has 0 aliphatic rings. The van der Waals surface area contributed by atoms with E-state index in [-0.39, 0.29) is 17.7 Å². The van der Waals surface area contributed by atoms with Crippen molar-refractivity contribution in [3.63, 3.8) is 0 Å². The lowest BCUT2D eigenvalue weighted by molar-refractivity contribution is -0.117. The van der Waals surface area contributed by atoms with E-state index in [0.29, 0.717) is 23.8 Å². The Bertz CT molecular complexity index is 911. The summed E-state index contributed by atoms with van der Waals surface area (Å²) in [5.74, 6) is 0.988. The van der Waals surface area contributed by atoms with Gasteiger partial charge in [0.2, 0.25) is 5.91 Å². The van der Waals surface area contributed by atoms with E-state index in [0.717, 1.165) is 27.8 Å². The fourth-order valence-corrected chi connectivity index (χ4v) is 3.04. The number of carbonyl (C=O) groups is 1. The standard InChI is InChI=1S/C25H33NO3/c1-15(2)14-29-24-9-8-20(13-23(24)27)22-12-17(5)21(10-18(22)6)11-19(7)25(28)26-16(3)4/h8-13,15-16,27H,14H2,1-7H3,(H,26,28)/b19-11+. The minimum Gasteiger partial charge on any atom is -0.504 e. The van der Waals surface area contributed by atoms with Crippen LogP contribution in [0.1, 0.15) is 51.3 Å². The summed E-state index contributed by atoms with van der Waals surface area (Å²) in [5, 5.41) is 13.3. The van der Waals surface area contributed by atoms with Crippen LogP contribution in [0, 0.1) is 19.8 Å². The van der Waals surface area contributed by atoms with Gasteiger partial charge in [-0.1, -0.05) is 32.0 Å². The van der Waals surface area contributed by atoms with Gasteiger partial charge in [-0.15, -0.1) is 0 Å². The lowest BCUT2D eigenvalue weighted by Gasteiger charge is -2.14. The fourth-order valence-electron chi connectivity index (χ4n) is 3.04. The first-order valence-corrected chi connectivity index (χ1v) is 10.1. The molecule has 0 bridgehead atoms. The summed E-state index contributed by atoms with van der Waals surface area (Å²) in [6, 6.07) is 9.81. The van der Waals surface area contributed by atoms with Crippen molar-refractivity contribution in [3.8, 4) is 22.6 Å². The number of rotatable bonds is 7. The van der Waals surface area contributed by atoms with Gasteiger partial charge in [-0.25, -0.2) is 0 Å². The highest BCUT2D eigenvalue weighted by atomic mass is 16.5. The molecule has 0 saturated carbocycles. The van der Waals surface area contributed by atoms with Crippen LogP contribution in [0.5, 0.6) is 11.5 Å². The second kappa shape index (κ2) is 9.64. The van der Waals surface area contributed by atoms with Crippen molar-refractivity contribution in [2.75, 3.05) is 6.61 Å². The van der Waals surface area contributed by atoms with Crippen LogP contribution in [0.2, 0.25) is 0 Å². The van der Waals surface area contributed by atoms with E-state index in [4.69, 9.17) is 4.74 Å². The third-order valence-corrected chi connectivity index (χ3v) is 4.61. The monoisotopic (exact) mass is 395 g/mol. The summed E-state index contributed by atoms with van der Waals surface area (Å²) in [5.41, 5.74) is 5.83. The van der Waals surface area contributed by atoms with Gasteiger partial charge in [0.05, 0.1) is 6.61 Å². The lowest BCUT2D eigenvalue weighted by Crippen LogP contribution is -2.30. The molecular formula is C25H33NO3. The Morgan fingerprint density at radius 3 is 2.38 bits per heavy atom. The Hall–Kier alpha value is -2.75. The predicted octanol–water partition coefficient (Wildman–Crippen LogP) is 5.64. The third kappa shape index (κ3) is 6.11. The molecule has 0 radical (unpaired) electrons. The number of aryl methyl sites for hydroxylation is 2. The molecule has 1 amide bonds. The van der Waals surface area contributed by atoms with E-state index in [1.165, 1.54) is 0 Å². The average Bonchev–Trinajstić information content (AvgIpc) is 2.62. The Labute approximate surface area is 174 Å². The van der Waals surface area contributed by atoms with Gasteiger partial charge in [-0.2, -0.15) is 0 Å². The average molecular weight is 396 g/mol. The number of phenolic OH excluding ortho intramolecular Hbond substituents is 1. The molecule has 2 rings (SSSR count). The van der Waals surface area contributed by atoms with Crippen LogP contribution in [0.3, 0.4) is 0 Å². The minimum absolute atomic E-state index is 0.0527. The fraction of sp³-hybridized carbons (Fsp3) is 0.400. The van der Waals surface area contributed by atoms with Crippen molar-refractivity contribution < 1.29 is 14.6 Å². The number of aromatic hydroxyl groups is 1. The second-order valence-electron chi connectivity index (χ2n) is 8.37. The molecule has 2 N–H and O–H groups in total. The van der Waals surface area contributed by atoms with Crippen molar-refractivity contribution in [3.05, 3.63) is 52.6 Å². The van der Waals surface area contributed by atoms with Gasteiger partial charge >= 0.3 is 0 Å². The summed E-state index contributed by atoms with van der Waals surface area (Å²) in [4.78, 5) is 12.2. The second-order valence-corrected chi connectivity index (χ2v) is 8.37. The molecule has 0 aliphatic heterocycles. The maximum atomic E-state index is 12.2. The number of phenols is 1. The van der Waals surface area contributed by atoms with Gasteiger partial charge in [-0.05, 0) is 86.6 Å². The van der Waals surface area contributed by atoms with Crippen LogP contribution >= 0.6 is 0 Å². The van der Waals surface area contributed by atoms with Crippen LogP contribution in [-0.2, 0) is 4.79 Å². The highest BCUT2D eigenvalue weighted by molar-refractivity contribution is 5.97. The van der Waals surface area contributed by atoms with E-state index in [2.05, 4.69) is 31.3 Å². The van der Waals surface area contributed by atoms with E-state index < -0.39 is 0 Å². The van der Waals surface area contributed by atoms with Crippen molar-refractivity contribution in [1.29, 1.82) is 0 Å². The predicted molar refractivity (Wildman–Crippen MR) is 120 cm³/mol. The smallest absolute Gasteiger partial charge is 0.247 e. The summed E-state index contributed by atoms with van der Waals surface area (Å²) in [7, 11) is 0. The van der Waals surface area contributed by atoms with Crippen molar-refractivity contribution in [2.45, 2.75) is 54.5 Å². The molecule has 2 aromatic rings. The maximum Gasteiger partial charge on any atom is 0.247 e. The molecule has 156 valence electrons. The normalized spacial score (nSPS) is 11.8. The van der Waals surface area contributed by atoms with E-state index >= 15 is 0 Å². The Morgan fingerprint density at radius 1 is 1.10 bits per heavy atom. The Balaban J connectivity index is 2.32. The molecular weight excluding hydrogens is 362 g/mol. The van der Waals surface area contributed by atoms with Gasteiger partial charge in [-0.3, -0.25) is 4.79 Å². The number of hydrogen-bond donors (Lipinski definition) is 2. The number of ether oxygens (including phenoxy) is 1. The largest absolute Gasteiger partial charge is 0.504 e. The van der Waals surface area contributed by atoms with Gasteiger partial charge < -0.3 is 15.2 Å². The number of carbonyl (C=O) groups excluding carboxylic acids is 1. The van der Waals surface area contributed by atoms with Gasteiger partial charge in [0.15, 0.2) is 11.5 Å². The molecule has 0 saturated heterocycles. The highest BCUT2D eigenvalue weighted by Gasteiger charge is 2.11. The molecule has 0 fully saturated rings. The molecule has 0 spiro atoms. The third-order valence-electron chi connectivity index (χ3n) is 4.61. The quantitative estimate of drug-likeness (QED) is 0.597. The van der Waals surface area contributed by atoms with Crippen LogP contribution in [0.25, 0.3) is 17.2 Å². The molecule has 2 aromatic carbocycles. The SMILES string of the molecule is C/C(=C\c1cc(C)c(-c2ccc(OCC(C)C)c(O)c2)cc1C)C(=O)NC(C)C. The van der Waals surface area contributed by atoms with Crippen molar-refractivity contribution in [2.24, 2.45) is 5.92 Å². The van der Waals surface area contributed by atoms with Gasteiger partial charge in [0.1, 0.15) is 0 Å². The summed E-state index contributed by atoms with van der Waals surface area (Å²) in [6.45, 7) is 14.5. The zero-order chi connectivity index (χ0) is 21.7. The maximum absolute atomic E-state index is 12.2. The first kappa shape index (κ1) is 22.5. The molecule has 4 heteroatoms. The molecule has 0 aliphatic carbocycles. The van der Waals surface area contributed by atoms with Crippen LogP contribution in [0.15, 0.2) is 35.9 Å². The summed E-state index contributed by atoms with van der Waals surface area (Å²) in [6.07, 6.45) is 1.92. The molecule has 4 nitrogen and oxygen atoms in total. The topological polar surface area (TPSA) is 58.6 Å². The number of hydrogen-bond acceptors (Lipinski definition) is 3. The number of amides is 1. The molecule has 29 heavy (non-hydrogen) atoms. The zero-order valence-corrected chi connectivity index (χ0v) is 18.6. The molecule has 0 unspecified atom stereocenters. The van der Waals surface area contributed by atoms with Crippen LogP contribution < -0.4 is 10.1 Å². The van der Waals surface area contributed by atoms with Crippen molar-refractivity contribution >= 4 is 12.0 Å². The van der Waals surface area contributed by atoms with Crippen molar-refractivity contribution in [1.82, 2.24) is 5.32 Å². The minimum atomic E-state index is -0.0527. The van der Waals surface area contributed by atoms with Crippen LogP contribution in [-0.4, -0.2) is 23.7 Å². The highest BCUT2D eigenvalue weighted by Crippen LogP contribution is 2.34. The Morgan fingerprint density at radius 2 is 1.79 bits per heavy atom. The van der Waals surface area contributed by atoms with E-state index in [9.17, 15) is 9.90 Å². The summed E-state index contributed by atoms with van der Waals surface area (Å²) < 4.78 is 5.66. The number of benzene rings is 2. The lowest BCUT2D eigenvalue weighted by atomic mass is 9.94. The first-order chi connectivity index (χ1) is 13.6. The molecule has 0 atom stereocenters. The first-order valence-electron chi connectivity index (χ1n) is 10.1. The zero-order valence-electron chi connectivity index (χ0n) is 18.6. The van der Waals surface area contributed by atoms with Crippen LogP contribution in [0.4, 0.5) is 0 Å². The number of nitrogens with one attached hydrogen (secondary N) is 1. The van der Waals surface area contributed by atoms with E-state index in [1.807, 2.05) is 52.8 Å². The summed E-state index contributed by atoms with van der Waals surface area (Å²) >= 11 is 0. The molecule has 0 aromatic heterocycles.